The van der Waals surface area contributed by atoms with Crippen LogP contribution in [-0.4, -0.2) is 12.9 Å². The maximum Gasteiger partial charge on any atom is 0.193 e. The van der Waals surface area contributed by atoms with E-state index < -0.39 is 5.41 Å². The van der Waals surface area contributed by atoms with E-state index in [0.29, 0.717) is 16.9 Å². The number of carbonyl (C=O) groups excluding carboxylic acids is 1. The minimum absolute atomic E-state index is 0.00160. The number of benzene rings is 6. The zero-order valence-electron chi connectivity index (χ0n) is 25.9. The van der Waals surface area contributed by atoms with Gasteiger partial charge in [0.1, 0.15) is 17.2 Å². The van der Waals surface area contributed by atoms with Crippen LogP contribution in [0.3, 0.4) is 0 Å². The summed E-state index contributed by atoms with van der Waals surface area (Å²) in [5.41, 5.74) is 11.4. The normalized spacial score (nSPS) is 12.7. The Balaban J connectivity index is 1.28. The van der Waals surface area contributed by atoms with Crippen molar-refractivity contribution >= 4 is 5.78 Å². The Labute approximate surface area is 264 Å². The summed E-state index contributed by atoms with van der Waals surface area (Å²) in [5, 5.41) is 0. The molecule has 0 amide bonds. The van der Waals surface area contributed by atoms with E-state index in [4.69, 9.17) is 9.47 Å². The van der Waals surface area contributed by atoms with Crippen molar-refractivity contribution in [3.63, 3.8) is 0 Å². The fourth-order valence-corrected chi connectivity index (χ4v) is 6.81. The number of aryl methyl sites for hydroxylation is 3. The van der Waals surface area contributed by atoms with Crippen LogP contribution in [0.2, 0.25) is 0 Å². The Morgan fingerprint density at radius 3 is 1.56 bits per heavy atom. The first kappa shape index (κ1) is 28.4. The van der Waals surface area contributed by atoms with Crippen molar-refractivity contribution in [3.05, 3.63) is 184 Å². The molecule has 0 fully saturated rings. The first-order valence-corrected chi connectivity index (χ1v) is 15.2. The summed E-state index contributed by atoms with van der Waals surface area (Å²) in [6, 6.07) is 45.5. The van der Waals surface area contributed by atoms with Crippen LogP contribution in [0.15, 0.2) is 133 Å². The highest BCUT2D eigenvalue weighted by Gasteiger charge is 2.46. The van der Waals surface area contributed by atoms with Crippen molar-refractivity contribution in [2.75, 3.05) is 7.11 Å². The minimum Gasteiger partial charge on any atom is -0.496 e. The SMILES string of the molecule is COc1ccc(C2(c3ccc(Oc4ccc(C(=O)c5ccc(C)cc5)cc4)c(C)c3)c3ccccc3-c3ccccc32)cc1C. The Hall–Kier alpha value is -5.41. The molecular formula is C42H34O3. The van der Waals surface area contributed by atoms with Gasteiger partial charge in [-0.15, -0.1) is 0 Å². The fraction of sp³-hybridized carbons (Fsp3) is 0.119. The molecule has 0 N–H and O–H groups in total. The van der Waals surface area contributed by atoms with E-state index in [-0.39, 0.29) is 5.78 Å². The van der Waals surface area contributed by atoms with E-state index in [9.17, 15) is 4.79 Å². The molecule has 0 aromatic heterocycles. The maximum absolute atomic E-state index is 13.0. The van der Waals surface area contributed by atoms with E-state index in [1.54, 1.807) is 7.11 Å². The van der Waals surface area contributed by atoms with Crippen LogP contribution in [0.1, 0.15) is 54.9 Å². The fourth-order valence-electron chi connectivity index (χ4n) is 6.81. The minimum atomic E-state index is -0.508. The molecule has 0 saturated carbocycles. The molecule has 7 rings (SSSR count). The quantitative estimate of drug-likeness (QED) is 0.174. The third kappa shape index (κ3) is 4.72. The Morgan fingerprint density at radius 2 is 1.04 bits per heavy atom. The summed E-state index contributed by atoms with van der Waals surface area (Å²) in [7, 11) is 1.72. The summed E-state index contributed by atoms with van der Waals surface area (Å²) in [6.45, 7) is 6.21. The predicted octanol–water partition coefficient (Wildman–Crippen LogP) is 10.0. The molecule has 3 nitrogen and oxygen atoms in total. The number of carbonyl (C=O) groups is 1. The topological polar surface area (TPSA) is 35.5 Å². The van der Waals surface area contributed by atoms with Crippen LogP contribution in [0.5, 0.6) is 17.2 Å². The highest BCUT2D eigenvalue weighted by molar-refractivity contribution is 6.09. The van der Waals surface area contributed by atoms with Gasteiger partial charge in [-0.25, -0.2) is 0 Å². The summed E-state index contributed by atoms with van der Waals surface area (Å²) in [4.78, 5) is 13.0. The summed E-state index contributed by atoms with van der Waals surface area (Å²) >= 11 is 0. The van der Waals surface area contributed by atoms with Crippen molar-refractivity contribution in [2.45, 2.75) is 26.2 Å². The van der Waals surface area contributed by atoms with Gasteiger partial charge in [0.05, 0.1) is 12.5 Å². The van der Waals surface area contributed by atoms with Gasteiger partial charge in [0, 0.05) is 11.1 Å². The Bertz CT molecular complexity index is 2010. The zero-order chi connectivity index (χ0) is 31.1. The molecule has 0 heterocycles. The molecular weight excluding hydrogens is 552 g/mol. The third-order valence-electron chi connectivity index (χ3n) is 9.05. The molecule has 220 valence electrons. The highest BCUT2D eigenvalue weighted by Crippen LogP contribution is 2.56. The molecule has 45 heavy (non-hydrogen) atoms. The largest absolute Gasteiger partial charge is 0.496 e. The molecule has 6 aromatic rings. The van der Waals surface area contributed by atoms with E-state index in [0.717, 1.165) is 28.2 Å². The lowest BCUT2D eigenvalue weighted by molar-refractivity contribution is 0.103. The van der Waals surface area contributed by atoms with Gasteiger partial charge in [-0.1, -0.05) is 103 Å². The first-order chi connectivity index (χ1) is 21.9. The van der Waals surface area contributed by atoms with Gasteiger partial charge < -0.3 is 9.47 Å². The van der Waals surface area contributed by atoms with Crippen LogP contribution >= 0.6 is 0 Å². The molecule has 1 aliphatic carbocycles. The summed E-state index contributed by atoms with van der Waals surface area (Å²) in [5.74, 6) is 2.33. The van der Waals surface area contributed by atoms with E-state index in [1.807, 2.05) is 55.5 Å². The smallest absolute Gasteiger partial charge is 0.193 e. The molecule has 0 unspecified atom stereocenters. The van der Waals surface area contributed by atoms with Gasteiger partial charge in [-0.2, -0.15) is 0 Å². The number of hydrogen-bond donors (Lipinski definition) is 0. The highest BCUT2D eigenvalue weighted by atomic mass is 16.5. The molecule has 0 aliphatic heterocycles. The van der Waals surface area contributed by atoms with Gasteiger partial charge in [0.2, 0.25) is 0 Å². The van der Waals surface area contributed by atoms with Crippen molar-refractivity contribution in [2.24, 2.45) is 0 Å². The number of hydrogen-bond acceptors (Lipinski definition) is 3. The van der Waals surface area contributed by atoms with Gasteiger partial charge in [-0.05, 0) is 102 Å². The molecule has 0 saturated heterocycles. The number of methoxy groups -OCH3 is 1. The maximum atomic E-state index is 13.0. The summed E-state index contributed by atoms with van der Waals surface area (Å²) < 4.78 is 12.0. The van der Waals surface area contributed by atoms with Crippen LogP contribution in [0, 0.1) is 20.8 Å². The molecule has 0 radical (unpaired) electrons. The van der Waals surface area contributed by atoms with E-state index >= 15 is 0 Å². The average molecular weight is 587 g/mol. The molecule has 1 aliphatic rings. The number of rotatable bonds is 7. The molecule has 0 atom stereocenters. The van der Waals surface area contributed by atoms with Gasteiger partial charge in [0.25, 0.3) is 0 Å². The number of ketones is 1. The second kappa shape index (κ2) is 11.3. The third-order valence-corrected chi connectivity index (χ3v) is 9.05. The number of ether oxygens (including phenoxy) is 2. The standard InChI is InChI=1S/C42H34O3/c1-27-13-15-30(16-14-27)41(43)31-17-21-34(22-18-31)45-40-24-20-33(26-29(40)3)42(32-19-23-39(44-4)28(2)25-32)37-11-7-5-9-35(37)36-10-6-8-12-38(36)42/h5-26H,1-4H3. The lowest BCUT2D eigenvalue weighted by Gasteiger charge is -2.34. The first-order valence-electron chi connectivity index (χ1n) is 15.2. The lowest BCUT2D eigenvalue weighted by Crippen LogP contribution is -2.28. The molecule has 0 spiro atoms. The van der Waals surface area contributed by atoms with Crippen molar-refractivity contribution in [3.8, 4) is 28.4 Å². The number of fused-ring (bicyclic) bond motifs is 3. The van der Waals surface area contributed by atoms with Crippen molar-refractivity contribution < 1.29 is 14.3 Å². The van der Waals surface area contributed by atoms with Crippen LogP contribution in [0.4, 0.5) is 0 Å². The van der Waals surface area contributed by atoms with Gasteiger partial charge in [-0.3, -0.25) is 4.79 Å². The molecule has 6 aromatic carbocycles. The van der Waals surface area contributed by atoms with E-state index in [2.05, 4.69) is 98.8 Å². The average Bonchev–Trinajstić information content (AvgIpc) is 3.37. The van der Waals surface area contributed by atoms with E-state index in [1.165, 1.54) is 33.4 Å². The second-order valence-electron chi connectivity index (χ2n) is 11.8. The Morgan fingerprint density at radius 1 is 0.556 bits per heavy atom. The van der Waals surface area contributed by atoms with Gasteiger partial charge >= 0.3 is 0 Å². The second-order valence-corrected chi connectivity index (χ2v) is 11.8. The predicted molar refractivity (Wildman–Crippen MR) is 181 cm³/mol. The van der Waals surface area contributed by atoms with Crippen molar-refractivity contribution in [1.29, 1.82) is 0 Å². The molecule has 3 heteroatoms. The zero-order valence-corrected chi connectivity index (χ0v) is 25.9. The Kier molecular flexibility index (Phi) is 7.10. The summed E-state index contributed by atoms with van der Waals surface area (Å²) in [6.07, 6.45) is 0. The van der Waals surface area contributed by atoms with Crippen LogP contribution in [-0.2, 0) is 5.41 Å². The van der Waals surface area contributed by atoms with Gasteiger partial charge in [0.15, 0.2) is 5.78 Å². The van der Waals surface area contributed by atoms with Crippen LogP contribution in [0.25, 0.3) is 11.1 Å². The monoisotopic (exact) mass is 586 g/mol. The van der Waals surface area contributed by atoms with Crippen molar-refractivity contribution in [1.82, 2.24) is 0 Å². The lowest BCUT2D eigenvalue weighted by atomic mass is 9.67. The van der Waals surface area contributed by atoms with Crippen LogP contribution < -0.4 is 9.47 Å². The molecule has 0 bridgehead atoms.